The van der Waals surface area contributed by atoms with Crippen molar-refractivity contribution in [2.45, 2.75) is 31.8 Å². The molecule has 1 saturated carbocycles. The van der Waals surface area contributed by atoms with E-state index in [1.807, 2.05) is 0 Å². The molecule has 0 spiro atoms. The predicted molar refractivity (Wildman–Crippen MR) is 99.2 cm³/mol. The van der Waals surface area contributed by atoms with Gasteiger partial charge in [-0.2, -0.15) is 0 Å². The van der Waals surface area contributed by atoms with Gasteiger partial charge in [-0.3, -0.25) is 14.4 Å². The minimum atomic E-state index is -0.410. The number of benzene rings is 2. The number of ketones is 1. The number of esters is 1. The summed E-state index contributed by atoms with van der Waals surface area (Å²) in [6.45, 7) is 0. The fourth-order valence-corrected chi connectivity index (χ4v) is 3.32. The number of Topliss-reactive ketones (excluding diaryl/α,β-unsaturated/α-hetero) is 1. The number of carbonyl (C=O) groups excluding carboxylic acids is 4. The fraction of sp³-hybridized carbons (Fsp3) is 0.273. The summed E-state index contributed by atoms with van der Waals surface area (Å²) in [5.41, 5.74) is 2.07. The second-order valence-corrected chi connectivity index (χ2v) is 6.72. The maximum atomic E-state index is 12.6. The number of aldehydes is 2. The van der Waals surface area contributed by atoms with Gasteiger partial charge in [-0.25, -0.2) is 4.79 Å². The smallest absolute Gasteiger partial charge is 0.338 e. The highest BCUT2D eigenvalue weighted by Crippen LogP contribution is 2.29. The highest BCUT2D eigenvalue weighted by Gasteiger charge is 2.29. The molecule has 0 unspecified atom stereocenters. The summed E-state index contributed by atoms with van der Waals surface area (Å²) >= 11 is 0. The van der Waals surface area contributed by atoms with E-state index in [1.54, 1.807) is 48.5 Å². The van der Waals surface area contributed by atoms with E-state index in [-0.39, 0.29) is 17.8 Å². The first kappa shape index (κ1) is 18.7. The van der Waals surface area contributed by atoms with Gasteiger partial charge in [0.05, 0.1) is 5.56 Å². The van der Waals surface area contributed by atoms with Crippen LogP contribution in [-0.2, 0) is 4.74 Å². The number of hydrogen-bond donors (Lipinski definition) is 0. The molecule has 3 rings (SSSR count). The summed E-state index contributed by atoms with van der Waals surface area (Å²) in [4.78, 5) is 46.2. The van der Waals surface area contributed by atoms with E-state index in [4.69, 9.17) is 4.74 Å². The molecule has 0 saturated heterocycles. The summed E-state index contributed by atoms with van der Waals surface area (Å²) in [6, 6.07) is 13.0. The molecular formula is C22H20O5. The lowest BCUT2D eigenvalue weighted by Crippen LogP contribution is -2.28. The SMILES string of the molecule is O=Cc1ccc(C(=O)OC2CCC(C(=O)c3ccc(C=O)cc3)CC2)cc1. The van der Waals surface area contributed by atoms with Crippen molar-refractivity contribution in [1.29, 1.82) is 0 Å². The number of carbonyl (C=O) groups is 4. The van der Waals surface area contributed by atoms with Crippen molar-refractivity contribution in [3.63, 3.8) is 0 Å². The minimum Gasteiger partial charge on any atom is -0.459 e. The van der Waals surface area contributed by atoms with E-state index >= 15 is 0 Å². The third-order valence-corrected chi connectivity index (χ3v) is 4.93. The van der Waals surface area contributed by atoms with Crippen molar-refractivity contribution in [3.05, 3.63) is 70.8 Å². The highest BCUT2D eigenvalue weighted by atomic mass is 16.5. The van der Waals surface area contributed by atoms with Crippen LogP contribution in [0.1, 0.15) is 67.1 Å². The summed E-state index contributed by atoms with van der Waals surface area (Å²) in [6.07, 6.45) is 3.87. The number of ether oxygens (including phenoxy) is 1. The molecule has 2 aromatic rings. The molecule has 27 heavy (non-hydrogen) atoms. The summed E-state index contributed by atoms with van der Waals surface area (Å²) in [5.74, 6) is -0.428. The molecule has 0 heterocycles. The van der Waals surface area contributed by atoms with Gasteiger partial charge in [0.1, 0.15) is 18.7 Å². The number of rotatable bonds is 6. The van der Waals surface area contributed by atoms with Gasteiger partial charge in [0.2, 0.25) is 0 Å². The molecule has 0 bridgehead atoms. The van der Waals surface area contributed by atoms with Crippen molar-refractivity contribution in [2.75, 3.05) is 0 Å². The molecular weight excluding hydrogens is 344 g/mol. The molecule has 0 amide bonds. The Kier molecular flexibility index (Phi) is 5.91. The maximum Gasteiger partial charge on any atom is 0.338 e. The Hall–Kier alpha value is -3.08. The Balaban J connectivity index is 1.53. The van der Waals surface area contributed by atoms with Crippen LogP contribution in [0, 0.1) is 5.92 Å². The van der Waals surface area contributed by atoms with Crippen LogP contribution in [0.3, 0.4) is 0 Å². The lowest BCUT2D eigenvalue weighted by molar-refractivity contribution is 0.0171. The Morgan fingerprint density at radius 1 is 0.741 bits per heavy atom. The lowest BCUT2D eigenvalue weighted by atomic mass is 9.82. The van der Waals surface area contributed by atoms with Gasteiger partial charge in [-0.15, -0.1) is 0 Å². The van der Waals surface area contributed by atoms with E-state index in [0.717, 1.165) is 12.6 Å². The third kappa shape index (κ3) is 4.56. The monoisotopic (exact) mass is 364 g/mol. The van der Waals surface area contributed by atoms with E-state index in [2.05, 4.69) is 0 Å². The second kappa shape index (κ2) is 8.54. The molecule has 1 aliphatic carbocycles. The van der Waals surface area contributed by atoms with Gasteiger partial charge in [-0.05, 0) is 37.8 Å². The minimum absolute atomic E-state index is 0.0710. The van der Waals surface area contributed by atoms with Crippen molar-refractivity contribution < 1.29 is 23.9 Å². The largest absolute Gasteiger partial charge is 0.459 e. The van der Waals surface area contributed by atoms with Gasteiger partial charge < -0.3 is 4.74 Å². The van der Waals surface area contributed by atoms with Crippen LogP contribution in [0.15, 0.2) is 48.5 Å². The van der Waals surface area contributed by atoms with Crippen LogP contribution >= 0.6 is 0 Å². The average Bonchev–Trinajstić information content (AvgIpc) is 2.74. The van der Waals surface area contributed by atoms with Crippen LogP contribution in [0.5, 0.6) is 0 Å². The zero-order chi connectivity index (χ0) is 19.2. The van der Waals surface area contributed by atoms with Gasteiger partial charge >= 0.3 is 5.97 Å². The molecule has 5 heteroatoms. The normalized spacial score (nSPS) is 19.1. The summed E-state index contributed by atoms with van der Waals surface area (Å²) < 4.78 is 5.54. The van der Waals surface area contributed by atoms with Crippen LogP contribution in [0.2, 0.25) is 0 Å². The van der Waals surface area contributed by atoms with E-state index in [9.17, 15) is 19.2 Å². The second-order valence-electron chi connectivity index (χ2n) is 6.72. The van der Waals surface area contributed by atoms with Gasteiger partial charge in [0.25, 0.3) is 0 Å². The molecule has 1 aliphatic rings. The van der Waals surface area contributed by atoms with Crippen molar-refractivity contribution in [2.24, 2.45) is 5.92 Å². The third-order valence-electron chi connectivity index (χ3n) is 4.93. The predicted octanol–water partition coefficient (Wildman–Crippen LogP) is 3.91. The highest BCUT2D eigenvalue weighted by molar-refractivity contribution is 5.98. The van der Waals surface area contributed by atoms with Crippen molar-refractivity contribution in [3.8, 4) is 0 Å². The molecule has 0 N–H and O–H groups in total. The standard InChI is InChI=1S/C22H20O5/c23-13-15-1-5-17(6-2-15)21(25)18-9-11-20(12-10-18)27-22(26)19-7-3-16(14-24)4-8-19/h1-8,13-14,18,20H,9-12H2. The summed E-state index contributed by atoms with van der Waals surface area (Å²) in [5, 5.41) is 0. The molecule has 0 aliphatic heterocycles. The van der Waals surface area contributed by atoms with Crippen molar-refractivity contribution in [1.82, 2.24) is 0 Å². The molecule has 2 aromatic carbocycles. The fourth-order valence-electron chi connectivity index (χ4n) is 3.32. The molecule has 0 aromatic heterocycles. The van der Waals surface area contributed by atoms with Crippen LogP contribution in [-0.4, -0.2) is 30.4 Å². The van der Waals surface area contributed by atoms with Crippen molar-refractivity contribution >= 4 is 24.3 Å². The quantitative estimate of drug-likeness (QED) is 0.441. The van der Waals surface area contributed by atoms with Crippen LogP contribution < -0.4 is 0 Å². The first-order chi connectivity index (χ1) is 13.1. The Bertz CT molecular complexity index is 828. The zero-order valence-electron chi connectivity index (χ0n) is 14.8. The molecule has 0 atom stereocenters. The first-order valence-electron chi connectivity index (χ1n) is 8.96. The Morgan fingerprint density at radius 3 is 1.70 bits per heavy atom. The first-order valence-corrected chi connectivity index (χ1v) is 8.96. The summed E-state index contributed by atoms with van der Waals surface area (Å²) in [7, 11) is 0. The van der Waals surface area contributed by atoms with Crippen LogP contribution in [0.4, 0.5) is 0 Å². The van der Waals surface area contributed by atoms with Crippen LogP contribution in [0.25, 0.3) is 0 Å². The zero-order valence-corrected chi connectivity index (χ0v) is 14.8. The van der Waals surface area contributed by atoms with Gasteiger partial charge in [-0.1, -0.05) is 36.4 Å². The molecule has 138 valence electrons. The van der Waals surface area contributed by atoms with E-state index in [0.29, 0.717) is 47.9 Å². The Labute approximate surface area is 157 Å². The van der Waals surface area contributed by atoms with E-state index in [1.165, 1.54) is 0 Å². The van der Waals surface area contributed by atoms with E-state index < -0.39 is 5.97 Å². The molecule has 5 nitrogen and oxygen atoms in total. The molecule has 1 fully saturated rings. The lowest BCUT2D eigenvalue weighted by Gasteiger charge is -2.27. The topological polar surface area (TPSA) is 77.5 Å². The van der Waals surface area contributed by atoms with Gasteiger partial charge in [0.15, 0.2) is 5.78 Å². The van der Waals surface area contributed by atoms with Gasteiger partial charge in [0, 0.05) is 22.6 Å². The Morgan fingerprint density at radius 2 is 1.22 bits per heavy atom. The number of hydrogen-bond acceptors (Lipinski definition) is 5. The maximum absolute atomic E-state index is 12.6. The molecule has 0 radical (unpaired) electrons. The average molecular weight is 364 g/mol.